The lowest BCUT2D eigenvalue weighted by Gasteiger charge is -2.18. The normalized spacial score (nSPS) is 11.1. The van der Waals surface area contributed by atoms with Crippen LogP contribution in [0.5, 0.6) is 0 Å². The van der Waals surface area contributed by atoms with Crippen LogP contribution in [-0.2, 0) is 16.4 Å². The van der Waals surface area contributed by atoms with Crippen LogP contribution in [-0.4, -0.2) is 32.1 Å². The summed E-state index contributed by atoms with van der Waals surface area (Å²) < 4.78 is 24.8. The number of hydrogen-bond donors (Lipinski definition) is 1. The van der Waals surface area contributed by atoms with Crippen molar-refractivity contribution in [2.45, 2.75) is 18.4 Å². The van der Waals surface area contributed by atoms with Crippen LogP contribution >= 0.6 is 15.9 Å². The van der Waals surface area contributed by atoms with E-state index in [9.17, 15) is 13.2 Å². The second-order valence-electron chi connectivity index (χ2n) is 5.34. The number of urea groups is 1. The minimum atomic E-state index is -3.30. The summed E-state index contributed by atoms with van der Waals surface area (Å²) in [6.07, 6.45) is 0. The lowest BCUT2D eigenvalue weighted by Crippen LogP contribution is -2.30. The molecular weight excluding hydrogens is 392 g/mol. The molecule has 24 heavy (non-hydrogen) atoms. The van der Waals surface area contributed by atoms with E-state index in [4.69, 9.17) is 0 Å². The van der Waals surface area contributed by atoms with E-state index in [-0.39, 0.29) is 16.7 Å². The third-order valence-corrected chi connectivity index (χ3v) is 5.77. The molecule has 5 nitrogen and oxygen atoms in total. The fourth-order valence-electron chi connectivity index (χ4n) is 2.09. The summed E-state index contributed by atoms with van der Waals surface area (Å²) >= 11 is 3.37. The quantitative estimate of drug-likeness (QED) is 0.812. The van der Waals surface area contributed by atoms with E-state index in [1.165, 1.54) is 17.0 Å². The molecule has 7 heteroatoms. The van der Waals surface area contributed by atoms with Gasteiger partial charge in [-0.3, -0.25) is 0 Å². The Morgan fingerprint density at radius 2 is 1.83 bits per heavy atom. The third-order valence-electron chi connectivity index (χ3n) is 3.50. The van der Waals surface area contributed by atoms with Gasteiger partial charge in [0, 0.05) is 23.8 Å². The minimum Gasteiger partial charge on any atom is -0.323 e. The number of amides is 2. The third kappa shape index (κ3) is 4.82. The average Bonchev–Trinajstić information content (AvgIpc) is 2.57. The Hall–Kier alpha value is -1.86. The highest BCUT2D eigenvalue weighted by molar-refractivity contribution is 9.10. The predicted molar refractivity (Wildman–Crippen MR) is 98.8 cm³/mol. The molecule has 2 aromatic rings. The molecule has 2 aromatic carbocycles. The summed E-state index contributed by atoms with van der Waals surface area (Å²) in [5.74, 6) is 0.0217. The van der Waals surface area contributed by atoms with Gasteiger partial charge in [-0.2, -0.15) is 0 Å². The second kappa shape index (κ2) is 7.81. The summed E-state index contributed by atoms with van der Waals surface area (Å²) in [4.78, 5) is 14.0. The first-order valence-corrected chi connectivity index (χ1v) is 9.85. The van der Waals surface area contributed by atoms with Crippen molar-refractivity contribution in [1.82, 2.24) is 4.90 Å². The fraction of sp³-hybridized carbons (Fsp3) is 0.235. The monoisotopic (exact) mass is 410 g/mol. The van der Waals surface area contributed by atoms with E-state index in [2.05, 4.69) is 21.2 Å². The number of benzene rings is 2. The summed E-state index contributed by atoms with van der Waals surface area (Å²) in [5.41, 5.74) is 1.45. The number of nitrogens with zero attached hydrogens (tertiary/aromatic N) is 1. The fourth-order valence-corrected chi connectivity index (χ4v) is 3.28. The van der Waals surface area contributed by atoms with Gasteiger partial charge in [-0.25, -0.2) is 13.2 Å². The molecule has 0 saturated carbocycles. The number of rotatable bonds is 5. The van der Waals surface area contributed by atoms with Gasteiger partial charge in [-0.05, 0) is 35.9 Å². The van der Waals surface area contributed by atoms with Crippen LogP contribution in [0.25, 0.3) is 0 Å². The standard InChI is InChI=1S/C17H19BrN2O3S/c1-3-24(22,23)16-6-4-5-15(11-16)19-17(21)20(2)12-13-7-9-14(18)10-8-13/h4-11H,3,12H2,1-2H3,(H,19,21). The van der Waals surface area contributed by atoms with E-state index >= 15 is 0 Å². The molecule has 0 aliphatic rings. The maximum atomic E-state index is 12.3. The highest BCUT2D eigenvalue weighted by atomic mass is 79.9. The van der Waals surface area contributed by atoms with Crippen LogP contribution in [0.4, 0.5) is 10.5 Å². The molecule has 2 amide bonds. The summed E-state index contributed by atoms with van der Waals surface area (Å²) in [6.45, 7) is 2.04. The van der Waals surface area contributed by atoms with E-state index in [0.29, 0.717) is 12.2 Å². The van der Waals surface area contributed by atoms with Crippen molar-refractivity contribution in [2.75, 3.05) is 18.1 Å². The van der Waals surface area contributed by atoms with Gasteiger partial charge >= 0.3 is 6.03 Å². The van der Waals surface area contributed by atoms with Gasteiger partial charge in [0.2, 0.25) is 0 Å². The van der Waals surface area contributed by atoms with Crippen molar-refractivity contribution in [1.29, 1.82) is 0 Å². The highest BCUT2D eigenvalue weighted by Gasteiger charge is 2.14. The minimum absolute atomic E-state index is 0.0217. The first kappa shape index (κ1) is 18.5. The molecular formula is C17H19BrN2O3S. The smallest absolute Gasteiger partial charge is 0.321 e. The van der Waals surface area contributed by atoms with Crippen molar-refractivity contribution in [2.24, 2.45) is 0 Å². The Kier molecular flexibility index (Phi) is 6.01. The van der Waals surface area contributed by atoms with Gasteiger partial charge in [0.05, 0.1) is 10.6 Å². The van der Waals surface area contributed by atoms with Crippen LogP contribution in [0.15, 0.2) is 57.9 Å². The largest absolute Gasteiger partial charge is 0.323 e. The van der Waals surface area contributed by atoms with Gasteiger partial charge in [-0.1, -0.05) is 41.1 Å². The Balaban J connectivity index is 2.06. The number of halogens is 1. The second-order valence-corrected chi connectivity index (χ2v) is 8.54. The number of sulfone groups is 1. The topological polar surface area (TPSA) is 66.5 Å². The molecule has 2 rings (SSSR count). The van der Waals surface area contributed by atoms with E-state index in [1.54, 1.807) is 26.1 Å². The molecule has 128 valence electrons. The molecule has 0 heterocycles. The number of anilines is 1. The average molecular weight is 411 g/mol. The van der Waals surface area contributed by atoms with Crippen molar-refractivity contribution in [3.05, 3.63) is 58.6 Å². The number of carbonyl (C=O) groups excluding carboxylic acids is 1. The predicted octanol–water partition coefficient (Wildman–Crippen LogP) is 3.91. The van der Waals surface area contributed by atoms with Crippen LogP contribution < -0.4 is 5.32 Å². The molecule has 1 N–H and O–H groups in total. The Labute approximate surface area is 150 Å². The van der Waals surface area contributed by atoms with Crippen molar-refractivity contribution in [3.8, 4) is 0 Å². The first-order chi connectivity index (χ1) is 11.3. The number of carbonyl (C=O) groups is 1. The Morgan fingerprint density at radius 3 is 2.46 bits per heavy atom. The zero-order valence-corrected chi connectivity index (χ0v) is 15.9. The SMILES string of the molecule is CCS(=O)(=O)c1cccc(NC(=O)N(C)Cc2ccc(Br)cc2)c1. The van der Waals surface area contributed by atoms with E-state index < -0.39 is 9.84 Å². The van der Waals surface area contributed by atoms with Gasteiger partial charge < -0.3 is 10.2 Å². The van der Waals surface area contributed by atoms with Gasteiger partial charge in [0.15, 0.2) is 9.84 Å². The molecule has 0 fully saturated rings. The molecule has 0 atom stereocenters. The van der Waals surface area contributed by atoms with E-state index in [0.717, 1.165) is 10.0 Å². The van der Waals surface area contributed by atoms with Crippen LogP contribution in [0.1, 0.15) is 12.5 Å². The van der Waals surface area contributed by atoms with Crippen molar-refractivity contribution < 1.29 is 13.2 Å². The van der Waals surface area contributed by atoms with Crippen molar-refractivity contribution >= 4 is 37.5 Å². The van der Waals surface area contributed by atoms with Gasteiger partial charge in [0.25, 0.3) is 0 Å². The molecule has 0 spiro atoms. The highest BCUT2D eigenvalue weighted by Crippen LogP contribution is 2.17. The Bertz CT molecular complexity index is 820. The van der Waals surface area contributed by atoms with Gasteiger partial charge in [-0.15, -0.1) is 0 Å². The molecule has 0 unspecified atom stereocenters. The zero-order valence-electron chi connectivity index (χ0n) is 13.5. The summed E-state index contributed by atoms with van der Waals surface area (Å²) in [6, 6.07) is 13.7. The summed E-state index contributed by atoms with van der Waals surface area (Å²) in [7, 11) is -1.61. The summed E-state index contributed by atoms with van der Waals surface area (Å²) in [5, 5.41) is 2.72. The lowest BCUT2D eigenvalue weighted by molar-refractivity contribution is 0.220. The molecule has 0 radical (unpaired) electrons. The molecule has 0 aromatic heterocycles. The van der Waals surface area contributed by atoms with Crippen LogP contribution in [0.3, 0.4) is 0 Å². The maximum absolute atomic E-state index is 12.3. The number of nitrogens with one attached hydrogen (secondary N) is 1. The van der Waals surface area contributed by atoms with E-state index in [1.807, 2.05) is 24.3 Å². The Morgan fingerprint density at radius 1 is 1.17 bits per heavy atom. The molecule has 0 bridgehead atoms. The van der Waals surface area contributed by atoms with Crippen molar-refractivity contribution in [3.63, 3.8) is 0 Å². The van der Waals surface area contributed by atoms with Crippen LogP contribution in [0.2, 0.25) is 0 Å². The number of hydrogen-bond acceptors (Lipinski definition) is 3. The molecule has 0 saturated heterocycles. The lowest BCUT2D eigenvalue weighted by atomic mass is 10.2. The van der Waals surface area contributed by atoms with Gasteiger partial charge in [0.1, 0.15) is 0 Å². The van der Waals surface area contributed by atoms with Crippen LogP contribution in [0, 0.1) is 0 Å². The maximum Gasteiger partial charge on any atom is 0.321 e. The molecule has 0 aliphatic heterocycles. The molecule has 0 aliphatic carbocycles. The first-order valence-electron chi connectivity index (χ1n) is 7.41. The zero-order chi connectivity index (χ0) is 17.7.